The van der Waals surface area contributed by atoms with E-state index < -0.39 is 12.8 Å². The minimum absolute atomic E-state index is 0.0121. The lowest BCUT2D eigenvalue weighted by Gasteiger charge is -2.26. The van der Waals surface area contributed by atoms with Gasteiger partial charge < -0.3 is 15.4 Å². The van der Waals surface area contributed by atoms with Gasteiger partial charge in [-0.1, -0.05) is 48.5 Å². The molecule has 3 rings (SSSR count). The highest BCUT2D eigenvalue weighted by molar-refractivity contribution is 5.74. The van der Waals surface area contributed by atoms with Gasteiger partial charge in [-0.25, -0.2) is 4.79 Å². The lowest BCUT2D eigenvalue weighted by Crippen LogP contribution is -2.38. The fourth-order valence-electron chi connectivity index (χ4n) is 3.33. The maximum absolute atomic E-state index is 12.2. The molecule has 0 aromatic heterocycles. The van der Waals surface area contributed by atoms with E-state index in [1.165, 1.54) is 11.1 Å². The Morgan fingerprint density at radius 1 is 1.07 bits per heavy atom. The molecule has 2 aromatic rings. The number of aryl methyl sites for hydroxylation is 1. The molecule has 1 aliphatic carbocycles. The Balaban J connectivity index is 1.45. The van der Waals surface area contributed by atoms with Crippen molar-refractivity contribution in [1.29, 1.82) is 0 Å². The first-order valence-corrected chi connectivity index (χ1v) is 9.25. The number of carbonyl (C=O) groups excluding carboxylic acids is 1. The number of halogens is 3. The number of amides is 2. The van der Waals surface area contributed by atoms with Crippen LogP contribution in [0.5, 0.6) is 0 Å². The normalized spacial score (nSPS) is 16.3. The molecule has 2 aromatic carbocycles. The number of fused-ring (bicyclic) bond motifs is 1. The van der Waals surface area contributed by atoms with Crippen molar-refractivity contribution in [1.82, 2.24) is 10.6 Å². The van der Waals surface area contributed by atoms with E-state index in [1.807, 2.05) is 12.1 Å². The SMILES string of the molecule is O=C(NCc1ccc(COCC(F)(F)F)cc1)NC1CCCc2ccccc21. The number of nitrogens with one attached hydrogen (secondary N) is 2. The first kappa shape index (κ1) is 20.2. The van der Waals surface area contributed by atoms with Gasteiger partial charge in [0.1, 0.15) is 6.61 Å². The van der Waals surface area contributed by atoms with Crippen LogP contribution >= 0.6 is 0 Å². The highest BCUT2D eigenvalue weighted by Gasteiger charge is 2.27. The molecule has 2 amide bonds. The first-order chi connectivity index (χ1) is 13.4. The number of hydrogen-bond donors (Lipinski definition) is 2. The van der Waals surface area contributed by atoms with Crippen LogP contribution in [-0.4, -0.2) is 18.8 Å². The van der Waals surface area contributed by atoms with Crippen molar-refractivity contribution in [2.45, 2.75) is 44.6 Å². The van der Waals surface area contributed by atoms with Crippen LogP contribution in [0.3, 0.4) is 0 Å². The Labute approximate surface area is 162 Å². The summed E-state index contributed by atoms with van der Waals surface area (Å²) in [5.41, 5.74) is 3.96. The molecule has 0 aliphatic heterocycles. The molecule has 0 fully saturated rings. The summed E-state index contributed by atoms with van der Waals surface area (Å²) < 4.78 is 40.9. The maximum atomic E-state index is 12.2. The number of carbonyl (C=O) groups is 1. The molecule has 0 radical (unpaired) electrons. The van der Waals surface area contributed by atoms with Gasteiger partial charge >= 0.3 is 12.2 Å². The quantitative estimate of drug-likeness (QED) is 0.752. The van der Waals surface area contributed by atoms with Crippen LogP contribution in [0.2, 0.25) is 0 Å². The predicted octanol–water partition coefficient (Wildman–Crippen LogP) is 4.64. The van der Waals surface area contributed by atoms with Crippen molar-refractivity contribution in [2.75, 3.05) is 6.61 Å². The van der Waals surface area contributed by atoms with Crippen LogP contribution in [0.1, 0.15) is 41.1 Å². The third-order valence-corrected chi connectivity index (χ3v) is 4.69. The molecule has 150 valence electrons. The highest BCUT2D eigenvalue weighted by Crippen LogP contribution is 2.29. The molecule has 0 spiro atoms. The van der Waals surface area contributed by atoms with Gasteiger partial charge in [-0.2, -0.15) is 13.2 Å². The van der Waals surface area contributed by atoms with E-state index in [1.54, 1.807) is 24.3 Å². The minimum atomic E-state index is -4.32. The topological polar surface area (TPSA) is 50.4 Å². The molecule has 28 heavy (non-hydrogen) atoms. The van der Waals surface area contributed by atoms with Crippen molar-refractivity contribution >= 4 is 6.03 Å². The van der Waals surface area contributed by atoms with Gasteiger partial charge in [0.2, 0.25) is 0 Å². The van der Waals surface area contributed by atoms with Gasteiger partial charge in [0.05, 0.1) is 12.6 Å². The Morgan fingerprint density at radius 3 is 2.54 bits per heavy atom. The van der Waals surface area contributed by atoms with E-state index in [0.717, 1.165) is 24.8 Å². The van der Waals surface area contributed by atoms with E-state index in [9.17, 15) is 18.0 Å². The summed E-state index contributed by atoms with van der Waals surface area (Å²) in [6.07, 6.45) is -1.33. The monoisotopic (exact) mass is 392 g/mol. The second-order valence-electron chi connectivity index (χ2n) is 6.90. The molecule has 1 atom stereocenters. The third kappa shape index (κ3) is 5.99. The van der Waals surface area contributed by atoms with Crippen LogP contribution in [0, 0.1) is 0 Å². The summed E-state index contributed by atoms with van der Waals surface area (Å²) >= 11 is 0. The van der Waals surface area contributed by atoms with Crippen molar-refractivity contribution in [3.8, 4) is 0 Å². The number of rotatable bonds is 6. The average Bonchev–Trinajstić information content (AvgIpc) is 2.67. The molecule has 0 saturated heterocycles. The summed E-state index contributed by atoms with van der Waals surface area (Å²) in [6, 6.07) is 14.9. The fourth-order valence-corrected chi connectivity index (χ4v) is 3.33. The second-order valence-corrected chi connectivity index (χ2v) is 6.90. The molecule has 1 aliphatic rings. The third-order valence-electron chi connectivity index (χ3n) is 4.69. The van der Waals surface area contributed by atoms with E-state index in [2.05, 4.69) is 27.5 Å². The lowest BCUT2D eigenvalue weighted by molar-refractivity contribution is -0.176. The van der Waals surface area contributed by atoms with Gasteiger partial charge in [0.25, 0.3) is 0 Å². The lowest BCUT2D eigenvalue weighted by atomic mass is 9.88. The van der Waals surface area contributed by atoms with Crippen LogP contribution in [0.15, 0.2) is 48.5 Å². The van der Waals surface area contributed by atoms with Crippen molar-refractivity contribution in [3.05, 3.63) is 70.8 Å². The van der Waals surface area contributed by atoms with Crippen LogP contribution in [0.25, 0.3) is 0 Å². The zero-order valence-electron chi connectivity index (χ0n) is 15.4. The van der Waals surface area contributed by atoms with Crippen LogP contribution < -0.4 is 10.6 Å². The van der Waals surface area contributed by atoms with E-state index >= 15 is 0 Å². The Kier molecular flexibility index (Phi) is 6.57. The summed E-state index contributed by atoms with van der Waals surface area (Å²) in [5, 5.41) is 5.85. The van der Waals surface area contributed by atoms with Crippen molar-refractivity contribution in [3.63, 3.8) is 0 Å². The summed E-state index contributed by atoms with van der Waals surface area (Å²) in [6.45, 7) is -1.03. The first-order valence-electron chi connectivity index (χ1n) is 9.25. The Morgan fingerprint density at radius 2 is 1.79 bits per heavy atom. The summed E-state index contributed by atoms with van der Waals surface area (Å²) in [7, 11) is 0. The zero-order chi connectivity index (χ0) is 20.0. The van der Waals surface area contributed by atoms with Gasteiger partial charge in [-0.05, 0) is 41.5 Å². The number of hydrogen-bond acceptors (Lipinski definition) is 2. The number of alkyl halides is 3. The molecular formula is C21H23F3N2O2. The summed E-state index contributed by atoms with van der Waals surface area (Å²) in [4.78, 5) is 12.2. The minimum Gasteiger partial charge on any atom is -0.367 e. The van der Waals surface area contributed by atoms with Crippen molar-refractivity contribution < 1.29 is 22.7 Å². The highest BCUT2D eigenvalue weighted by atomic mass is 19.4. The molecule has 4 nitrogen and oxygen atoms in total. The van der Waals surface area contributed by atoms with E-state index in [0.29, 0.717) is 12.1 Å². The van der Waals surface area contributed by atoms with E-state index in [4.69, 9.17) is 0 Å². The summed E-state index contributed by atoms with van der Waals surface area (Å²) in [5.74, 6) is 0. The fraction of sp³-hybridized carbons (Fsp3) is 0.381. The largest absolute Gasteiger partial charge is 0.411 e. The molecule has 2 N–H and O–H groups in total. The zero-order valence-corrected chi connectivity index (χ0v) is 15.4. The molecule has 0 bridgehead atoms. The van der Waals surface area contributed by atoms with Gasteiger partial charge in [-0.3, -0.25) is 0 Å². The number of urea groups is 1. The maximum Gasteiger partial charge on any atom is 0.411 e. The molecule has 1 unspecified atom stereocenters. The average molecular weight is 392 g/mol. The molecule has 0 saturated carbocycles. The molecular weight excluding hydrogens is 369 g/mol. The van der Waals surface area contributed by atoms with Gasteiger partial charge in [0.15, 0.2) is 0 Å². The number of benzene rings is 2. The number of ether oxygens (including phenoxy) is 1. The standard InChI is InChI=1S/C21H23F3N2O2/c22-21(23,24)14-28-13-16-10-8-15(9-11-16)12-25-20(27)26-19-7-3-5-17-4-1-2-6-18(17)19/h1-2,4,6,8-11,19H,3,5,7,12-14H2,(H2,25,26,27). The predicted molar refractivity (Wildman–Crippen MR) is 99.6 cm³/mol. The van der Waals surface area contributed by atoms with Crippen LogP contribution in [0.4, 0.5) is 18.0 Å². The van der Waals surface area contributed by atoms with Crippen molar-refractivity contribution in [2.24, 2.45) is 0 Å². The Bertz CT molecular complexity index is 791. The molecule has 7 heteroatoms. The Hall–Kier alpha value is -2.54. The van der Waals surface area contributed by atoms with Gasteiger partial charge in [0, 0.05) is 6.54 Å². The molecule has 0 heterocycles. The van der Waals surface area contributed by atoms with Crippen LogP contribution in [-0.2, 0) is 24.3 Å². The smallest absolute Gasteiger partial charge is 0.367 e. The van der Waals surface area contributed by atoms with E-state index in [-0.39, 0.29) is 18.7 Å². The van der Waals surface area contributed by atoms with Gasteiger partial charge in [-0.15, -0.1) is 0 Å². The second kappa shape index (κ2) is 9.10.